The van der Waals surface area contributed by atoms with Gasteiger partial charge in [-0.25, -0.2) is 12.7 Å². The molecule has 0 saturated carbocycles. The molecule has 0 saturated heterocycles. The number of nitrogens with zero attached hydrogens (tertiary/aromatic N) is 2. The zero-order valence-electron chi connectivity index (χ0n) is 16.0. The lowest BCUT2D eigenvalue weighted by molar-refractivity contribution is -0.385. The molecule has 0 radical (unpaired) electrons. The first-order valence-electron chi connectivity index (χ1n) is 8.18. The summed E-state index contributed by atoms with van der Waals surface area (Å²) in [5.41, 5.74) is 0.514. The molecular formula is C18H22N2O7S. The minimum atomic E-state index is -3.81. The van der Waals surface area contributed by atoms with Gasteiger partial charge in [0, 0.05) is 25.2 Å². The summed E-state index contributed by atoms with van der Waals surface area (Å²) >= 11 is 0. The highest BCUT2D eigenvalue weighted by Gasteiger charge is 2.24. The lowest BCUT2D eigenvalue weighted by Crippen LogP contribution is -2.28. The Labute approximate surface area is 163 Å². The Morgan fingerprint density at radius 3 is 2.11 bits per heavy atom. The van der Waals surface area contributed by atoms with E-state index in [1.165, 1.54) is 46.6 Å². The van der Waals surface area contributed by atoms with Crippen molar-refractivity contribution in [3.63, 3.8) is 0 Å². The van der Waals surface area contributed by atoms with Gasteiger partial charge in [-0.05, 0) is 17.7 Å². The molecule has 2 aromatic rings. The molecular weight excluding hydrogens is 388 g/mol. The highest BCUT2D eigenvalue weighted by molar-refractivity contribution is 7.88. The van der Waals surface area contributed by atoms with Gasteiger partial charge in [-0.1, -0.05) is 18.2 Å². The van der Waals surface area contributed by atoms with Crippen LogP contribution in [0, 0.1) is 10.1 Å². The molecule has 10 heteroatoms. The van der Waals surface area contributed by atoms with Crippen LogP contribution in [0.2, 0.25) is 0 Å². The number of sulfonamides is 1. The third-order valence-electron chi connectivity index (χ3n) is 4.13. The molecule has 0 aliphatic rings. The smallest absolute Gasteiger partial charge is 0.273 e. The second-order valence-corrected chi connectivity index (χ2v) is 8.01. The minimum Gasteiger partial charge on any atom is -0.493 e. The third-order valence-corrected chi connectivity index (χ3v) is 5.89. The van der Waals surface area contributed by atoms with E-state index < -0.39 is 20.7 Å². The quantitative estimate of drug-likeness (QED) is 0.462. The molecule has 0 atom stereocenters. The first-order chi connectivity index (χ1) is 13.2. The van der Waals surface area contributed by atoms with Gasteiger partial charge in [0.15, 0.2) is 11.5 Å². The second-order valence-electron chi connectivity index (χ2n) is 5.93. The summed E-state index contributed by atoms with van der Waals surface area (Å²) in [6.45, 7) is 0.0275. The van der Waals surface area contributed by atoms with E-state index in [0.717, 1.165) is 4.31 Å². The molecule has 0 aliphatic carbocycles. The largest absolute Gasteiger partial charge is 0.493 e. The Bertz CT molecular complexity index is 935. The monoisotopic (exact) mass is 410 g/mol. The van der Waals surface area contributed by atoms with E-state index in [1.807, 2.05) is 0 Å². The zero-order valence-corrected chi connectivity index (χ0v) is 16.9. The van der Waals surface area contributed by atoms with Gasteiger partial charge in [-0.3, -0.25) is 10.1 Å². The van der Waals surface area contributed by atoms with Crippen molar-refractivity contribution in [3.8, 4) is 17.2 Å². The first-order valence-corrected chi connectivity index (χ1v) is 9.79. The van der Waals surface area contributed by atoms with Crippen molar-refractivity contribution >= 4 is 15.7 Å². The molecule has 0 fully saturated rings. The van der Waals surface area contributed by atoms with Gasteiger partial charge in [0.05, 0.1) is 32.0 Å². The maximum Gasteiger partial charge on any atom is 0.273 e. The summed E-state index contributed by atoms with van der Waals surface area (Å²) in [4.78, 5) is 10.5. The van der Waals surface area contributed by atoms with Crippen LogP contribution in [0.15, 0.2) is 36.4 Å². The Morgan fingerprint density at radius 1 is 1.04 bits per heavy atom. The highest BCUT2D eigenvalue weighted by Crippen LogP contribution is 2.38. The van der Waals surface area contributed by atoms with Crippen LogP contribution in [-0.2, 0) is 22.3 Å². The van der Waals surface area contributed by atoms with Crippen molar-refractivity contribution in [1.82, 2.24) is 4.31 Å². The van der Waals surface area contributed by atoms with E-state index in [0.29, 0.717) is 22.8 Å². The Morgan fingerprint density at radius 2 is 1.61 bits per heavy atom. The average molecular weight is 410 g/mol. The molecule has 0 aromatic heterocycles. The molecule has 9 nitrogen and oxygen atoms in total. The Balaban J connectivity index is 2.29. The number of nitro benzene ring substituents is 1. The van der Waals surface area contributed by atoms with Gasteiger partial charge in [-0.2, -0.15) is 0 Å². The Hall–Kier alpha value is -2.85. The van der Waals surface area contributed by atoms with E-state index in [4.69, 9.17) is 14.2 Å². The molecule has 152 valence electrons. The van der Waals surface area contributed by atoms with Crippen LogP contribution in [-0.4, -0.2) is 46.0 Å². The fourth-order valence-corrected chi connectivity index (χ4v) is 3.90. The second kappa shape index (κ2) is 8.89. The van der Waals surface area contributed by atoms with Crippen LogP contribution in [0.1, 0.15) is 11.1 Å². The number of benzene rings is 2. The summed E-state index contributed by atoms with van der Waals surface area (Å²) in [7, 11) is 2.02. The van der Waals surface area contributed by atoms with Crippen LogP contribution in [0.4, 0.5) is 5.69 Å². The van der Waals surface area contributed by atoms with Crippen molar-refractivity contribution in [2.75, 3.05) is 28.4 Å². The topological polar surface area (TPSA) is 108 Å². The maximum absolute atomic E-state index is 12.7. The molecule has 2 aromatic carbocycles. The number of rotatable bonds is 9. The van der Waals surface area contributed by atoms with Gasteiger partial charge >= 0.3 is 0 Å². The zero-order chi connectivity index (χ0) is 20.9. The summed E-state index contributed by atoms with van der Waals surface area (Å²) in [5, 5.41) is 11.1. The number of ether oxygens (including phenoxy) is 3. The number of nitro groups is 1. The van der Waals surface area contributed by atoms with Gasteiger partial charge in [0.25, 0.3) is 5.69 Å². The predicted octanol–water partition coefficient (Wildman–Crippen LogP) is 2.58. The molecule has 0 spiro atoms. The van der Waals surface area contributed by atoms with E-state index in [1.54, 1.807) is 18.2 Å². The van der Waals surface area contributed by atoms with Crippen molar-refractivity contribution in [3.05, 3.63) is 57.6 Å². The SMILES string of the molecule is COc1cc(CN(C)S(=O)(=O)Cc2ccccc2[N+](=O)[O-])cc(OC)c1OC. The number of para-hydroxylation sites is 1. The minimum absolute atomic E-state index is 0.0275. The van der Waals surface area contributed by atoms with E-state index in [-0.39, 0.29) is 17.8 Å². The van der Waals surface area contributed by atoms with Crippen LogP contribution in [0.5, 0.6) is 17.2 Å². The third kappa shape index (κ3) is 4.70. The van der Waals surface area contributed by atoms with Gasteiger partial charge < -0.3 is 14.2 Å². The lowest BCUT2D eigenvalue weighted by Gasteiger charge is -2.19. The van der Waals surface area contributed by atoms with Crippen LogP contribution in [0.3, 0.4) is 0 Å². The lowest BCUT2D eigenvalue weighted by atomic mass is 10.2. The van der Waals surface area contributed by atoms with E-state index >= 15 is 0 Å². The van der Waals surface area contributed by atoms with Gasteiger partial charge in [0.2, 0.25) is 15.8 Å². The van der Waals surface area contributed by atoms with Crippen molar-refractivity contribution in [2.45, 2.75) is 12.3 Å². The number of methoxy groups -OCH3 is 3. The summed E-state index contributed by atoms with van der Waals surface area (Å²) in [5.74, 6) is 0.729. The normalized spacial score (nSPS) is 11.3. The highest BCUT2D eigenvalue weighted by atomic mass is 32.2. The first kappa shape index (κ1) is 21.5. The summed E-state index contributed by atoms with van der Waals surface area (Å²) in [6.07, 6.45) is 0. The average Bonchev–Trinajstić information content (AvgIpc) is 2.66. The van der Waals surface area contributed by atoms with E-state index in [9.17, 15) is 18.5 Å². The van der Waals surface area contributed by atoms with Crippen molar-refractivity contribution in [1.29, 1.82) is 0 Å². The van der Waals surface area contributed by atoms with Crippen LogP contribution >= 0.6 is 0 Å². The van der Waals surface area contributed by atoms with Crippen molar-refractivity contribution < 1.29 is 27.6 Å². The summed E-state index contributed by atoms with van der Waals surface area (Å²) in [6, 6.07) is 9.08. The number of hydrogen-bond donors (Lipinski definition) is 0. The summed E-state index contributed by atoms with van der Waals surface area (Å²) < 4.78 is 42.4. The van der Waals surface area contributed by atoms with Gasteiger partial charge in [0.1, 0.15) is 0 Å². The maximum atomic E-state index is 12.7. The number of hydrogen-bond acceptors (Lipinski definition) is 7. The molecule has 2 rings (SSSR count). The predicted molar refractivity (Wildman–Crippen MR) is 103 cm³/mol. The van der Waals surface area contributed by atoms with Crippen LogP contribution < -0.4 is 14.2 Å². The molecule has 0 bridgehead atoms. The van der Waals surface area contributed by atoms with Gasteiger partial charge in [-0.15, -0.1) is 0 Å². The molecule has 0 unspecified atom stereocenters. The fourth-order valence-electron chi connectivity index (χ4n) is 2.70. The molecule has 0 aliphatic heterocycles. The fraction of sp³-hybridized carbons (Fsp3) is 0.333. The molecule has 0 N–H and O–H groups in total. The van der Waals surface area contributed by atoms with E-state index in [2.05, 4.69) is 0 Å². The van der Waals surface area contributed by atoms with Crippen molar-refractivity contribution in [2.24, 2.45) is 0 Å². The Kier molecular flexibility index (Phi) is 6.81. The molecule has 28 heavy (non-hydrogen) atoms. The molecule has 0 heterocycles. The molecule has 0 amide bonds. The van der Waals surface area contributed by atoms with Crippen LogP contribution in [0.25, 0.3) is 0 Å². The standard InChI is InChI=1S/C18H22N2O7S/c1-19(11-13-9-16(25-2)18(27-4)17(10-13)26-3)28(23,24)12-14-7-5-6-8-15(14)20(21)22/h5-10H,11-12H2,1-4H3.